The van der Waals surface area contributed by atoms with Crippen molar-refractivity contribution in [3.05, 3.63) is 18.2 Å². The van der Waals surface area contributed by atoms with Crippen LogP contribution in [0, 0.1) is 11.8 Å². The number of carbonyl (C=O) groups is 4. The fourth-order valence-electron chi connectivity index (χ4n) is 6.79. The van der Waals surface area contributed by atoms with E-state index in [0.29, 0.717) is 38.5 Å². The first kappa shape index (κ1) is 27.4. The quantitative estimate of drug-likeness (QED) is 0.242. The van der Waals surface area contributed by atoms with Gasteiger partial charge in [-0.2, -0.15) is 11.8 Å². The van der Waals surface area contributed by atoms with Crippen LogP contribution in [0.1, 0.15) is 26.0 Å². The van der Waals surface area contributed by atoms with Crippen molar-refractivity contribution >= 4 is 41.4 Å². The molecule has 16 nitrogen and oxygen atoms in total. The Kier molecular flexibility index (Phi) is 7.09. The van der Waals surface area contributed by atoms with E-state index in [4.69, 9.17) is 5.73 Å². The summed E-state index contributed by atoms with van der Waals surface area (Å²) in [5, 5.41) is 26.7. The zero-order chi connectivity index (χ0) is 29.0. The molecule has 0 aromatic carbocycles. The van der Waals surface area contributed by atoms with Gasteiger partial charge in [0.15, 0.2) is 5.95 Å². The Morgan fingerprint density at radius 3 is 2.85 bits per heavy atom. The number of imidazole rings is 1. The van der Waals surface area contributed by atoms with Gasteiger partial charge in [0.05, 0.1) is 30.4 Å². The number of nitrogen functional groups attached to an aromatic ring is 1. The Balaban J connectivity index is 1.08. The smallest absolute Gasteiger partial charge is 0.327 e. The summed E-state index contributed by atoms with van der Waals surface area (Å²) in [6.07, 6.45) is 3.59. The maximum absolute atomic E-state index is 13.3. The number of aliphatic carboxylic acids is 1. The number of thioether (sulfide) groups is 1. The third-order valence-electron chi connectivity index (χ3n) is 8.74. The third-order valence-corrected chi connectivity index (χ3v) is 10.5. The second-order valence-electron chi connectivity index (χ2n) is 11.2. The normalized spacial score (nSPS) is 31.4. The maximum atomic E-state index is 13.3. The van der Waals surface area contributed by atoms with Crippen molar-refractivity contribution in [2.45, 2.75) is 74.6 Å². The SMILES string of the molecule is CC(NC(=O)Cn1cnnn1)[C@H]1C(=O)N2C(C(=O)O)C(S[C@@H]3CN[C@H](C(=O)N4CCn5c(cnc5N)C4)C3)[C@H](C)[C@H]12. The van der Waals surface area contributed by atoms with Gasteiger partial charge >= 0.3 is 5.97 Å². The number of fused-ring (bicyclic) bond motifs is 2. The van der Waals surface area contributed by atoms with Crippen molar-refractivity contribution in [2.24, 2.45) is 11.8 Å². The van der Waals surface area contributed by atoms with E-state index in [1.54, 1.807) is 24.9 Å². The molecule has 6 rings (SSSR count). The molecule has 17 heteroatoms. The van der Waals surface area contributed by atoms with Gasteiger partial charge in [0.2, 0.25) is 17.7 Å². The van der Waals surface area contributed by atoms with Crippen LogP contribution in [0.15, 0.2) is 12.5 Å². The van der Waals surface area contributed by atoms with Crippen molar-refractivity contribution < 1.29 is 24.3 Å². The Morgan fingerprint density at radius 1 is 1.32 bits per heavy atom. The van der Waals surface area contributed by atoms with Crippen molar-refractivity contribution in [3.63, 3.8) is 0 Å². The van der Waals surface area contributed by atoms with E-state index in [0.717, 1.165) is 5.69 Å². The molecule has 8 atom stereocenters. The number of nitrogens with one attached hydrogen (secondary N) is 2. The van der Waals surface area contributed by atoms with Gasteiger partial charge in [0.1, 0.15) is 18.9 Å². The zero-order valence-electron chi connectivity index (χ0n) is 22.7. The summed E-state index contributed by atoms with van der Waals surface area (Å²) in [6.45, 7) is 5.82. The van der Waals surface area contributed by atoms with Crippen molar-refractivity contribution in [1.29, 1.82) is 0 Å². The number of amides is 3. The molecule has 3 unspecified atom stereocenters. The van der Waals surface area contributed by atoms with Crippen LogP contribution in [0.2, 0.25) is 0 Å². The molecule has 0 spiro atoms. The molecule has 0 saturated carbocycles. The monoisotopic (exact) mass is 587 g/mol. The molecule has 0 aliphatic carbocycles. The lowest BCUT2D eigenvalue weighted by Gasteiger charge is -2.48. The molecular weight excluding hydrogens is 554 g/mol. The van der Waals surface area contributed by atoms with Crippen LogP contribution < -0.4 is 16.4 Å². The number of β-lactam (4-membered cyclic amide) rings is 1. The summed E-state index contributed by atoms with van der Waals surface area (Å²) in [5.74, 6) is -1.82. The zero-order valence-corrected chi connectivity index (χ0v) is 23.5. The average molecular weight is 588 g/mol. The van der Waals surface area contributed by atoms with Crippen LogP contribution >= 0.6 is 11.8 Å². The van der Waals surface area contributed by atoms with E-state index in [1.807, 2.05) is 16.4 Å². The highest BCUT2D eigenvalue weighted by Crippen LogP contribution is 2.50. The van der Waals surface area contributed by atoms with E-state index < -0.39 is 24.0 Å². The van der Waals surface area contributed by atoms with Gasteiger partial charge in [0, 0.05) is 42.2 Å². The van der Waals surface area contributed by atoms with E-state index >= 15 is 0 Å². The second-order valence-corrected chi connectivity index (χ2v) is 12.7. The molecule has 41 heavy (non-hydrogen) atoms. The molecule has 0 radical (unpaired) electrons. The van der Waals surface area contributed by atoms with Crippen LogP contribution in [0.5, 0.6) is 0 Å². The second kappa shape index (κ2) is 10.6. The minimum absolute atomic E-state index is 0.0127. The molecular formula is C24H33N11O5S. The van der Waals surface area contributed by atoms with E-state index in [1.165, 1.54) is 15.9 Å². The molecule has 4 aliphatic rings. The van der Waals surface area contributed by atoms with Crippen molar-refractivity contribution in [1.82, 2.24) is 50.2 Å². The first-order chi connectivity index (χ1) is 19.6. The molecule has 2 aromatic heterocycles. The highest BCUT2D eigenvalue weighted by atomic mass is 32.2. The number of tetrazole rings is 1. The summed E-state index contributed by atoms with van der Waals surface area (Å²) >= 11 is 1.55. The van der Waals surface area contributed by atoms with Gasteiger partial charge in [0.25, 0.3) is 0 Å². The van der Waals surface area contributed by atoms with Crippen molar-refractivity contribution in [3.8, 4) is 0 Å². The number of anilines is 1. The first-order valence-corrected chi connectivity index (χ1v) is 14.6. The van der Waals surface area contributed by atoms with Crippen LogP contribution in [-0.2, 0) is 38.8 Å². The third kappa shape index (κ3) is 4.79. The molecule has 6 heterocycles. The molecule has 0 bridgehead atoms. The van der Waals surface area contributed by atoms with Crippen LogP contribution in [0.3, 0.4) is 0 Å². The van der Waals surface area contributed by atoms with Gasteiger partial charge in [-0.3, -0.25) is 14.4 Å². The largest absolute Gasteiger partial charge is 0.480 e. The van der Waals surface area contributed by atoms with Crippen molar-refractivity contribution in [2.75, 3.05) is 18.8 Å². The number of carbonyl (C=O) groups excluding carboxylic acids is 3. The summed E-state index contributed by atoms with van der Waals surface area (Å²) in [4.78, 5) is 58.8. The predicted molar refractivity (Wildman–Crippen MR) is 144 cm³/mol. The van der Waals surface area contributed by atoms with Gasteiger partial charge in [-0.05, 0) is 29.7 Å². The maximum Gasteiger partial charge on any atom is 0.327 e. The molecule has 3 saturated heterocycles. The minimum atomic E-state index is -1.04. The first-order valence-electron chi connectivity index (χ1n) is 13.7. The van der Waals surface area contributed by atoms with Crippen LogP contribution in [0.4, 0.5) is 5.95 Å². The number of rotatable bonds is 8. The Labute approximate surface area is 239 Å². The average Bonchev–Trinajstić information content (AvgIpc) is 3.72. The number of carboxylic acid groups (broad SMARTS) is 1. The Morgan fingerprint density at radius 2 is 2.12 bits per heavy atom. The fourth-order valence-corrected chi connectivity index (χ4v) is 8.53. The highest BCUT2D eigenvalue weighted by molar-refractivity contribution is 8.00. The number of carboxylic acids is 1. The standard InChI is InChI=1S/C24H33N11O5S/c1-11-18-17(12(2)29-16(36)9-33-10-28-30-31-33)22(38)35(18)19(23(39)40)20(11)41-14-5-15(26-7-14)21(37)32-3-4-34-13(8-32)6-27-24(34)25/h6,10-12,14-15,17-20,26H,3-5,7-9H2,1-2H3,(H2,25,27)(H,29,36)(H,39,40)/t11-,12?,14+,15+,17-,18-,19?,20?/m1/s1. The minimum Gasteiger partial charge on any atom is -0.480 e. The molecule has 4 aliphatic heterocycles. The highest BCUT2D eigenvalue weighted by Gasteiger charge is 2.65. The Hall–Kier alpha value is -3.73. The van der Waals surface area contributed by atoms with Crippen LogP contribution in [-0.4, -0.2) is 116 Å². The molecule has 3 fully saturated rings. The van der Waals surface area contributed by atoms with E-state index in [2.05, 4.69) is 31.1 Å². The lowest BCUT2D eigenvalue weighted by Crippen LogP contribution is -2.68. The molecule has 2 aromatic rings. The van der Waals surface area contributed by atoms with Gasteiger partial charge < -0.3 is 35.8 Å². The van der Waals surface area contributed by atoms with Gasteiger partial charge in [-0.1, -0.05) is 6.92 Å². The topological polar surface area (TPSA) is 206 Å². The fraction of sp³-hybridized carbons (Fsp3) is 0.667. The number of nitrogens with two attached hydrogens (primary N) is 1. The van der Waals surface area contributed by atoms with Crippen LogP contribution in [0.25, 0.3) is 0 Å². The number of hydrogen-bond donors (Lipinski definition) is 4. The molecule has 3 amide bonds. The van der Waals surface area contributed by atoms with Gasteiger partial charge in [-0.15, -0.1) is 5.10 Å². The predicted octanol–water partition coefficient (Wildman–Crippen LogP) is -2.24. The summed E-state index contributed by atoms with van der Waals surface area (Å²) in [7, 11) is 0. The summed E-state index contributed by atoms with van der Waals surface area (Å²) in [6, 6.07) is -2.11. The lowest BCUT2D eigenvalue weighted by molar-refractivity contribution is -0.166. The van der Waals surface area contributed by atoms with E-state index in [9.17, 15) is 24.3 Å². The summed E-state index contributed by atoms with van der Waals surface area (Å²) in [5.41, 5.74) is 6.79. The number of nitrogens with zero attached hydrogens (tertiary/aromatic N) is 8. The molecule has 5 N–H and O–H groups in total. The number of hydrogen-bond acceptors (Lipinski definition) is 11. The molecule has 220 valence electrons. The summed E-state index contributed by atoms with van der Waals surface area (Å²) < 4.78 is 3.20. The van der Waals surface area contributed by atoms with Gasteiger partial charge in [-0.25, -0.2) is 14.5 Å². The number of aromatic nitrogens is 6. The lowest BCUT2D eigenvalue weighted by atomic mass is 9.78. The van der Waals surface area contributed by atoms with E-state index in [-0.39, 0.29) is 52.8 Å². The Bertz CT molecular complexity index is 1350.